The molecule has 0 unspecified atom stereocenters. The van der Waals surface area contributed by atoms with Crippen molar-refractivity contribution in [2.45, 2.75) is 20.1 Å². The molecule has 2 heterocycles. The molecule has 1 aromatic heterocycles. The second-order valence-corrected chi connectivity index (χ2v) is 8.26. The summed E-state index contributed by atoms with van der Waals surface area (Å²) in [6, 6.07) is 10.3. The van der Waals surface area contributed by atoms with E-state index in [2.05, 4.69) is 5.32 Å². The minimum Gasteiger partial charge on any atom is -0.477 e. The van der Waals surface area contributed by atoms with E-state index in [-0.39, 0.29) is 12.0 Å². The molecule has 1 aliphatic heterocycles. The van der Waals surface area contributed by atoms with E-state index in [4.69, 9.17) is 4.74 Å². The van der Waals surface area contributed by atoms with Crippen molar-refractivity contribution in [2.75, 3.05) is 43.4 Å². The SMILES string of the molecule is CCn1cc(C(=O)O)c(=O)c2cc(F)c(N3CCN(C(=O)OCc4ccc(NC)cc4)CC3)cc21. The number of carbonyl (C=O) groups excluding carboxylic acids is 1. The number of halogens is 1. The maximum Gasteiger partial charge on any atom is 0.410 e. The van der Waals surface area contributed by atoms with Gasteiger partial charge < -0.3 is 29.5 Å². The molecule has 9 nitrogen and oxygen atoms in total. The Kier molecular flexibility index (Phi) is 6.90. The first kappa shape index (κ1) is 24.1. The van der Waals surface area contributed by atoms with Crippen LogP contribution in [-0.2, 0) is 17.9 Å². The number of carbonyl (C=O) groups is 2. The normalized spacial score (nSPS) is 13.7. The molecule has 3 aromatic rings. The summed E-state index contributed by atoms with van der Waals surface area (Å²) in [6.45, 7) is 3.88. The molecule has 184 valence electrons. The highest BCUT2D eigenvalue weighted by molar-refractivity contribution is 5.93. The Morgan fingerprint density at radius 3 is 2.40 bits per heavy atom. The van der Waals surface area contributed by atoms with E-state index < -0.39 is 28.9 Å². The number of hydrogen-bond acceptors (Lipinski definition) is 6. The van der Waals surface area contributed by atoms with E-state index in [9.17, 15) is 19.5 Å². The van der Waals surface area contributed by atoms with Crippen molar-refractivity contribution in [3.8, 4) is 0 Å². The minimum atomic E-state index is -1.35. The Bertz CT molecular complexity index is 1310. The number of anilines is 2. The largest absolute Gasteiger partial charge is 0.477 e. The van der Waals surface area contributed by atoms with E-state index in [1.807, 2.05) is 43.1 Å². The number of nitrogens with zero attached hydrogens (tertiary/aromatic N) is 3. The number of amides is 1. The predicted octanol–water partition coefficient (Wildman–Crippen LogP) is 3.36. The highest BCUT2D eigenvalue weighted by atomic mass is 19.1. The molecule has 0 spiro atoms. The Morgan fingerprint density at radius 1 is 1.11 bits per heavy atom. The zero-order valence-corrected chi connectivity index (χ0v) is 19.6. The third kappa shape index (κ3) is 4.91. The van der Waals surface area contributed by atoms with Crippen LogP contribution in [0.1, 0.15) is 22.8 Å². The summed E-state index contributed by atoms with van der Waals surface area (Å²) in [6.07, 6.45) is 0.858. The number of benzene rings is 2. The third-order valence-corrected chi connectivity index (χ3v) is 6.20. The van der Waals surface area contributed by atoms with Crippen LogP contribution in [0.2, 0.25) is 0 Å². The lowest BCUT2D eigenvalue weighted by Gasteiger charge is -2.35. The molecular formula is C25H27FN4O5. The number of nitrogens with one attached hydrogen (secondary N) is 1. The summed E-state index contributed by atoms with van der Waals surface area (Å²) < 4.78 is 22.1. The third-order valence-electron chi connectivity index (χ3n) is 6.20. The second kappa shape index (κ2) is 10.0. The molecule has 0 bridgehead atoms. The summed E-state index contributed by atoms with van der Waals surface area (Å²) in [4.78, 5) is 39.9. The first-order valence-electron chi connectivity index (χ1n) is 11.4. The van der Waals surface area contributed by atoms with Crippen LogP contribution in [0.15, 0.2) is 47.4 Å². The Hall–Kier alpha value is -4.08. The van der Waals surface area contributed by atoms with Crippen LogP contribution in [0.4, 0.5) is 20.6 Å². The van der Waals surface area contributed by atoms with Crippen LogP contribution in [0.3, 0.4) is 0 Å². The van der Waals surface area contributed by atoms with Gasteiger partial charge in [0.2, 0.25) is 5.43 Å². The number of pyridine rings is 1. The predicted molar refractivity (Wildman–Crippen MR) is 131 cm³/mol. The average Bonchev–Trinajstić information content (AvgIpc) is 2.87. The highest BCUT2D eigenvalue weighted by Gasteiger charge is 2.25. The van der Waals surface area contributed by atoms with Crippen molar-refractivity contribution >= 4 is 34.3 Å². The lowest BCUT2D eigenvalue weighted by molar-refractivity contribution is 0.0694. The van der Waals surface area contributed by atoms with Crippen LogP contribution in [0.25, 0.3) is 10.9 Å². The molecule has 2 N–H and O–H groups in total. The van der Waals surface area contributed by atoms with Crippen molar-refractivity contribution in [1.29, 1.82) is 0 Å². The number of fused-ring (bicyclic) bond motifs is 1. The van der Waals surface area contributed by atoms with E-state index in [0.717, 1.165) is 17.3 Å². The quantitative estimate of drug-likeness (QED) is 0.555. The van der Waals surface area contributed by atoms with Gasteiger partial charge >= 0.3 is 12.1 Å². The molecule has 1 amide bonds. The molecule has 0 radical (unpaired) electrons. The van der Waals surface area contributed by atoms with Gasteiger partial charge in [0.1, 0.15) is 18.0 Å². The summed E-state index contributed by atoms with van der Waals surface area (Å²) in [5.74, 6) is -1.96. The number of carboxylic acids is 1. The number of ether oxygens (including phenoxy) is 1. The number of aryl methyl sites for hydroxylation is 1. The van der Waals surface area contributed by atoms with Gasteiger partial charge in [0.25, 0.3) is 0 Å². The smallest absolute Gasteiger partial charge is 0.410 e. The summed E-state index contributed by atoms with van der Waals surface area (Å²) in [5.41, 5.74) is 1.51. The van der Waals surface area contributed by atoms with Gasteiger partial charge in [-0.05, 0) is 36.8 Å². The molecule has 4 rings (SSSR count). The second-order valence-electron chi connectivity index (χ2n) is 8.26. The Morgan fingerprint density at radius 2 is 1.80 bits per heavy atom. The number of hydrogen-bond donors (Lipinski definition) is 2. The number of aromatic carboxylic acids is 1. The maximum absolute atomic E-state index is 15.0. The summed E-state index contributed by atoms with van der Waals surface area (Å²) in [7, 11) is 1.83. The molecule has 10 heteroatoms. The molecular weight excluding hydrogens is 455 g/mol. The lowest BCUT2D eigenvalue weighted by Crippen LogP contribution is -2.49. The van der Waals surface area contributed by atoms with Gasteiger partial charge in [0.05, 0.1) is 11.2 Å². The molecule has 0 aliphatic carbocycles. The standard InChI is InChI=1S/C25H27FN4O5/c1-3-28-14-19(24(32)33)23(31)18-12-20(26)22(13-21(18)28)29-8-10-30(11-9-29)25(34)35-15-16-4-6-17(27-2)7-5-16/h4-7,12-14,27H,3,8-11,15H2,1-2H3,(H,32,33). The average molecular weight is 483 g/mol. The fourth-order valence-corrected chi connectivity index (χ4v) is 4.19. The monoisotopic (exact) mass is 482 g/mol. The number of rotatable bonds is 6. The molecule has 1 fully saturated rings. The highest BCUT2D eigenvalue weighted by Crippen LogP contribution is 2.26. The number of piperazine rings is 1. The maximum atomic E-state index is 15.0. The van der Waals surface area contributed by atoms with Crippen molar-refractivity contribution in [1.82, 2.24) is 9.47 Å². The number of carboxylic acid groups (broad SMARTS) is 1. The molecule has 0 saturated carbocycles. The number of aromatic nitrogens is 1. The Labute approximate surface area is 201 Å². The van der Waals surface area contributed by atoms with E-state index >= 15 is 4.39 Å². The van der Waals surface area contributed by atoms with Crippen LogP contribution >= 0.6 is 0 Å². The van der Waals surface area contributed by atoms with Crippen molar-refractivity contribution in [2.24, 2.45) is 0 Å². The zero-order valence-electron chi connectivity index (χ0n) is 19.6. The van der Waals surface area contributed by atoms with Gasteiger partial charge in [-0.2, -0.15) is 0 Å². The topological polar surface area (TPSA) is 104 Å². The van der Waals surface area contributed by atoms with Gasteiger partial charge in [0, 0.05) is 57.0 Å². The fraction of sp³-hybridized carbons (Fsp3) is 0.320. The van der Waals surface area contributed by atoms with Crippen LogP contribution in [0, 0.1) is 5.82 Å². The van der Waals surface area contributed by atoms with Crippen molar-refractivity contribution < 1.29 is 23.8 Å². The molecule has 1 aliphatic rings. The van der Waals surface area contributed by atoms with E-state index in [0.29, 0.717) is 43.9 Å². The van der Waals surface area contributed by atoms with E-state index in [1.54, 1.807) is 15.5 Å². The minimum absolute atomic E-state index is 0.0259. The van der Waals surface area contributed by atoms with Crippen LogP contribution in [-0.4, -0.2) is 59.9 Å². The van der Waals surface area contributed by atoms with Gasteiger partial charge in [0.15, 0.2) is 0 Å². The molecule has 35 heavy (non-hydrogen) atoms. The van der Waals surface area contributed by atoms with Crippen molar-refractivity contribution in [3.05, 3.63) is 69.8 Å². The van der Waals surface area contributed by atoms with Crippen LogP contribution in [0.5, 0.6) is 0 Å². The first-order chi connectivity index (χ1) is 16.8. The molecule has 0 atom stereocenters. The van der Waals surface area contributed by atoms with Gasteiger partial charge in [-0.25, -0.2) is 14.0 Å². The summed E-state index contributed by atoms with van der Waals surface area (Å²) in [5, 5.41) is 12.4. The van der Waals surface area contributed by atoms with Gasteiger partial charge in [-0.1, -0.05) is 12.1 Å². The summed E-state index contributed by atoms with van der Waals surface area (Å²) >= 11 is 0. The van der Waals surface area contributed by atoms with Crippen LogP contribution < -0.4 is 15.6 Å². The van der Waals surface area contributed by atoms with E-state index in [1.165, 1.54) is 6.20 Å². The van der Waals surface area contributed by atoms with Crippen molar-refractivity contribution in [3.63, 3.8) is 0 Å². The Balaban J connectivity index is 1.46. The first-order valence-corrected chi connectivity index (χ1v) is 11.4. The van der Waals surface area contributed by atoms with Gasteiger partial charge in [-0.3, -0.25) is 4.79 Å². The lowest BCUT2D eigenvalue weighted by atomic mass is 10.1. The molecule has 1 saturated heterocycles. The fourth-order valence-electron chi connectivity index (χ4n) is 4.19. The zero-order chi connectivity index (χ0) is 25.1. The molecule has 2 aromatic carbocycles. The van der Waals surface area contributed by atoms with Gasteiger partial charge in [-0.15, -0.1) is 0 Å².